The number of nitrogens with zero attached hydrogens (tertiary/aromatic N) is 4. The highest BCUT2D eigenvalue weighted by Crippen LogP contribution is 2.25. The molecule has 0 bridgehead atoms. The first-order valence-corrected chi connectivity index (χ1v) is 7.32. The van der Waals surface area contributed by atoms with E-state index in [0.717, 1.165) is 18.2 Å². The van der Waals surface area contributed by atoms with Crippen LogP contribution in [-0.4, -0.2) is 34.9 Å². The fraction of sp³-hybridized carbons (Fsp3) is 0.200. The number of rotatable bonds is 6. The van der Waals surface area contributed by atoms with Gasteiger partial charge < -0.3 is 5.32 Å². The fourth-order valence-electron chi connectivity index (χ4n) is 1.67. The average molecular weight is 312 g/mol. The molecule has 0 fully saturated rings. The first-order valence-electron chi connectivity index (χ1n) is 5.77. The molecule has 2 rings (SSSR count). The number of non-ortho nitro benzene ring substituents is 1. The first-order chi connectivity index (χ1) is 9.88. The molecule has 0 unspecified atom stereocenters. The number of aromatic nitrogens is 3. The van der Waals surface area contributed by atoms with Gasteiger partial charge in [0, 0.05) is 24.9 Å². The monoisotopic (exact) mass is 312 g/mol. The van der Waals surface area contributed by atoms with Crippen molar-refractivity contribution in [1.82, 2.24) is 15.0 Å². The number of hydrogen-bond donors (Lipinski definition) is 2. The molecule has 21 heavy (non-hydrogen) atoms. The van der Waals surface area contributed by atoms with Crippen molar-refractivity contribution < 1.29 is 13.3 Å². The standard InChI is InChI=1S/C10H12N6O4S/c11-21(19,20)10-2-1-8(16(17)18)7-9(10)12-3-5-15-6-4-13-14-15/h1-2,4,6-7,12H,3,5H2,(H2,11,19,20). The van der Waals surface area contributed by atoms with Gasteiger partial charge in [0.05, 0.1) is 23.4 Å². The summed E-state index contributed by atoms with van der Waals surface area (Å²) >= 11 is 0. The Labute approximate surface area is 119 Å². The van der Waals surface area contributed by atoms with Crippen LogP contribution in [0, 0.1) is 10.1 Å². The fourth-order valence-corrected chi connectivity index (χ4v) is 2.37. The van der Waals surface area contributed by atoms with E-state index in [9.17, 15) is 18.5 Å². The highest BCUT2D eigenvalue weighted by atomic mass is 32.2. The van der Waals surface area contributed by atoms with E-state index in [1.807, 2.05) is 0 Å². The van der Waals surface area contributed by atoms with Gasteiger partial charge in [-0.15, -0.1) is 5.10 Å². The molecule has 0 aliphatic carbocycles. The third kappa shape index (κ3) is 3.73. The maximum Gasteiger partial charge on any atom is 0.271 e. The maximum absolute atomic E-state index is 11.5. The van der Waals surface area contributed by atoms with E-state index in [2.05, 4.69) is 15.6 Å². The highest BCUT2D eigenvalue weighted by Gasteiger charge is 2.17. The summed E-state index contributed by atoms with van der Waals surface area (Å²) in [6.45, 7) is 0.708. The molecule has 0 aliphatic rings. The second-order valence-corrected chi connectivity index (χ2v) is 5.61. The van der Waals surface area contributed by atoms with Crippen LogP contribution in [0.2, 0.25) is 0 Å². The molecule has 0 atom stereocenters. The molecular weight excluding hydrogens is 300 g/mol. The van der Waals surface area contributed by atoms with Gasteiger partial charge in [0.15, 0.2) is 0 Å². The molecule has 10 nitrogen and oxygen atoms in total. The van der Waals surface area contributed by atoms with Crippen LogP contribution in [0.25, 0.3) is 0 Å². The van der Waals surface area contributed by atoms with Gasteiger partial charge in [-0.25, -0.2) is 13.6 Å². The SMILES string of the molecule is NS(=O)(=O)c1ccc([N+](=O)[O-])cc1NCCn1ccnn1. The minimum atomic E-state index is -3.98. The van der Waals surface area contributed by atoms with Crippen LogP contribution < -0.4 is 10.5 Å². The largest absolute Gasteiger partial charge is 0.382 e. The summed E-state index contributed by atoms with van der Waals surface area (Å²) in [7, 11) is -3.98. The van der Waals surface area contributed by atoms with Crippen LogP contribution in [0.3, 0.4) is 0 Å². The Morgan fingerprint density at radius 1 is 1.43 bits per heavy atom. The van der Waals surface area contributed by atoms with E-state index in [1.165, 1.54) is 10.9 Å². The molecule has 3 N–H and O–H groups in total. The molecule has 0 spiro atoms. The normalized spacial score (nSPS) is 11.3. The Morgan fingerprint density at radius 3 is 2.76 bits per heavy atom. The van der Waals surface area contributed by atoms with Crippen molar-refractivity contribution in [1.29, 1.82) is 0 Å². The summed E-state index contributed by atoms with van der Waals surface area (Å²) in [4.78, 5) is 9.93. The zero-order valence-electron chi connectivity index (χ0n) is 10.7. The van der Waals surface area contributed by atoms with Crippen LogP contribution in [0.5, 0.6) is 0 Å². The molecule has 1 heterocycles. The number of nitrogens with one attached hydrogen (secondary N) is 1. The molecule has 1 aromatic carbocycles. The molecule has 1 aromatic heterocycles. The predicted octanol–water partition coefficient (Wildman–Crippen LogP) is -0.0542. The third-order valence-electron chi connectivity index (χ3n) is 2.61. The van der Waals surface area contributed by atoms with Gasteiger partial charge in [0.25, 0.3) is 5.69 Å². The van der Waals surface area contributed by atoms with Crippen LogP contribution in [0.1, 0.15) is 0 Å². The minimum absolute atomic E-state index is 0.0758. The Bertz CT molecular complexity index is 743. The van der Waals surface area contributed by atoms with Gasteiger partial charge in [0.2, 0.25) is 10.0 Å². The second kappa shape index (κ2) is 5.85. The Kier molecular flexibility index (Phi) is 4.14. The van der Waals surface area contributed by atoms with E-state index in [0.29, 0.717) is 13.1 Å². The molecular formula is C10H12N6O4S. The van der Waals surface area contributed by atoms with Crippen molar-refractivity contribution in [2.75, 3.05) is 11.9 Å². The third-order valence-corrected chi connectivity index (χ3v) is 3.58. The van der Waals surface area contributed by atoms with Crippen molar-refractivity contribution in [3.05, 3.63) is 40.7 Å². The Morgan fingerprint density at radius 2 is 2.19 bits per heavy atom. The molecule has 0 saturated carbocycles. The van der Waals surface area contributed by atoms with Crippen molar-refractivity contribution in [3.63, 3.8) is 0 Å². The van der Waals surface area contributed by atoms with Gasteiger partial charge in [-0.05, 0) is 6.07 Å². The van der Waals surface area contributed by atoms with Crippen molar-refractivity contribution >= 4 is 21.4 Å². The molecule has 0 saturated heterocycles. The molecule has 112 valence electrons. The van der Waals surface area contributed by atoms with E-state index in [4.69, 9.17) is 5.14 Å². The number of primary sulfonamides is 1. The predicted molar refractivity (Wildman–Crippen MR) is 73.0 cm³/mol. The first kappa shape index (κ1) is 14.9. The van der Waals surface area contributed by atoms with Crippen LogP contribution in [0.4, 0.5) is 11.4 Å². The zero-order chi connectivity index (χ0) is 15.5. The lowest BCUT2D eigenvalue weighted by Gasteiger charge is -2.10. The quantitative estimate of drug-likeness (QED) is 0.561. The number of anilines is 1. The molecule has 2 aromatic rings. The van der Waals surface area contributed by atoms with Gasteiger partial charge >= 0.3 is 0 Å². The van der Waals surface area contributed by atoms with E-state index < -0.39 is 14.9 Å². The topological polar surface area (TPSA) is 146 Å². The summed E-state index contributed by atoms with van der Waals surface area (Å²) < 4.78 is 24.5. The molecule has 0 amide bonds. The summed E-state index contributed by atoms with van der Waals surface area (Å²) in [5.74, 6) is 0. The van der Waals surface area contributed by atoms with Crippen LogP contribution in [0.15, 0.2) is 35.5 Å². The number of sulfonamides is 1. The van der Waals surface area contributed by atoms with Crippen molar-refractivity contribution in [2.45, 2.75) is 11.4 Å². The summed E-state index contributed by atoms with van der Waals surface area (Å²) in [5.41, 5.74) is -0.155. The molecule has 0 aliphatic heterocycles. The number of nitrogens with two attached hydrogens (primary N) is 1. The van der Waals surface area contributed by atoms with E-state index in [-0.39, 0.29) is 16.3 Å². The number of nitro groups is 1. The van der Waals surface area contributed by atoms with Gasteiger partial charge in [0.1, 0.15) is 4.90 Å². The summed E-state index contributed by atoms with van der Waals surface area (Å²) in [6, 6.07) is 3.31. The highest BCUT2D eigenvalue weighted by molar-refractivity contribution is 7.89. The maximum atomic E-state index is 11.5. The average Bonchev–Trinajstić information content (AvgIpc) is 2.90. The van der Waals surface area contributed by atoms with Crippen molar-refractivity contribution in [3.8, 4) is 0 Å². The van der Waals surface area contributed by atoms with Crippen molar-refractivity contribution in [2.24, 2.45) is 5.14 Å². The lowest BCUT2D eigenvalue weighted by atomic mass is 10.3. The smallest absolute Gasteiger partial charge is 0.271 e. The number of hydrogen-bond acceptors (Lipinski definition) is 7. The van der Waals surface area contributed by atoms with E-state index >= 15 is 0 Å². The number of nitro benzene ring substituents is 1. The second-order valence-electron chi connectivity index (χ2n) is 4.08. The number of benzene rings is 1. The Hall–Kier alpha value is -2.53. The lowest BCUT2D eigenvalue weighted by Crippen LogP contribution is -2.17. The van der Waals surface area contributed by atoms with Gasteiger partial charge in [-0.2, -0.15) is 0 Å². The molecule has 0 radical (unpaired) electrons. The minimum Gasteiger partial charge on any atom is -0.382 e. The zero-order valence-corrected chi connectivity index (χ0v) is 11.5. The van der Waals surface area contributed by atoms with Gasteiger partial charge in [-0.3, -0.25) is 14.8 Å². The Balaban J connectivity index is 2.22. The molecule has 11 heteroatoms. The van der Waals surface area contributed by atoms with E-state index in [1.54, 1.807) is 6.20 Å². The van der Waals surface area contributed by atoms with Crippen LogP contribution >= 0.6 is 0 Å². The lowest BCUT2D eigenvalue weighted by molar-refractivity contribution is -0.384. The summed E-state index contributed by atoms with van der Waals surface area (Å²) in [6.07, 6.45) is 3.14. The summed E-state index contributed by atoms with van der Waals surface area (Å²) in [5, 5.41) is 26.0. The van der Waals surface area contributed by atoms with Crippen LogP contribution in [-0.2, 0) is 16.6 Å². The van der Waals surface area contributed by atoms with Gasteiger partial charge in [-0.1, -0.05) is 5.21 Å².